The number of hydrogen-bond donors (Lipinski definition) is 1. The predicted octanol–water partition coefficient (Wildman–Crippen LogP) is 6.36. The molecule has 0 aromatic heterocycles. The van der Waals surface area contributed by atoms with E-state index in [9.17, 15) is 18.0 Å². The number of nitrogens with zero attached hydrogens (tertiary/aromatic N) is 2. The summed E-state index contributed by atoms with van der Waals surface area (Å²) in [7, 11) is -4.14. The van der Waals surface area contributed by atoms with Gasteiger partial charge in [0.15, 0.2) is 0 Å². The highest BCUT2D eigenvalue weighted by Gasteiger charge is 2.35. The van der Waals surface area contributed by atoms with Gasteiger partial charge in [-0.2, -0.15) is 0 Å². The van der Waals surface area contributed by atoms with Crippen molar-refractivity contribution in [1.82, 2.24) is 10.2 Å². The van der Waals surface area contributed by atoms with Gasteiger partial charge in [0.2, 0.25) is 11.8 Å². The van der Waals surface area contributed by atoms with Crippen molar-refractivity contribution < 1.29 is 18.0 Å². The first-order valence-electron chi connectivity index (χ1n) is 15.4. The number of nitrogens with one attached hydrogen (secondary N) is 1. The first-order valence-corrected chi connectivity index (χ1v) is 16.9. The minimum Gasteiger partial charge on any atom is -0.354 e. The fourth-order valence-corrected chi connectivity index (χ4v) is 6.70. The molecule has 0 saturated carbocycles. The van der Waals surface area contributed by atoms with E-state index >= 15 is 0 Å². The molecule has 0 aliphatic rings. The van der Waals surface area contributed by atoms with Gasteiger partial charge < -0.3 is 10.2 Å². The summed E-state index contributed by atoms with van der Waals surface area (Å²) in [5.41, 5.74) is 4.81. The molecular weight excluding hydrogens is 582 g/mol. The maximum absolute atomic E-state index is 14.6. The van der Waals surface area contributed by atoms with Gasteiger partial charge in [0, 0.05) is 19.5 Å². The molecule has 0 aliphatic heterocycles. The van der Waals surface area contributed by atoms with E-state index in [0.29, 0.717) is 17.8 Å². The van der Waals surface area contributed by atoms with Crippen molar-refractivity contribution in [3.8, 4) is 0 Å². The van der Waals surface area contributed by atoms with Crippen molar-refractivity contribution in [3.63, 3.8) is 0 Å². The number of unbranched alkanes of at least 4 members (excludes halogenated alkanes) is 1. The Morgan fingerprint density at radius 1 is 0.778 bits per heavy atom. The molecule has 0 aliphatic carbocycles. The number of para-hydroxylation sites is 1. The van der Waals surface area contributed by atoms with Gasteiger partial charge in [-0.25, -0.2) is 8.42 Å². The van der Waals surface area contributed by atoms with Crippen LogP contribution in [0.1, 0.15) is 47.6 Å². The highest BCUT2D eigenvalue weighted by atomic mass is 32.2. The van der Waals surface area contributed by atoms with Gasteiger partial charge in [0.05, 0.1) is 10.6 Å². The second-order valence-corrected chi connectivity index (χ2v) is 13.3. The quantitative estimate of drug-likeness (QED) is 0.165. The summed E-state index contributed by atoms with van der Waals surface area (Å²) in [6, 6.07) is 30.2. The summed E-state index contributed by atoms with van der Waals surface area (Å²) in [6.45, 7) is 7.90. The largest absolute Gasteiger partial charge is 0.354 e. The lowest BCUT2D eigenvalue weighted by Gasteiger charge is -2.34. The van der Waals surface area contributed by atoms with Gasteiger partial charge in [0.25, 0.3) is 10.0 Å². The predicted molar refractivity (Wildman–Crippen MR) is 180 cm³/mol. The van der Waals surface area contributed by atoms with Crippen LogP contribution in [0, 0.1) is 20.8 Å². The Hall–Kier alpha value is -4.43. The van der Waals surface area contributed by atoms with E-state index in [0.717, 1.165) is 35.1 Å². The molecule has 2 amide bonds. The zero-order valence-corrected chi connectivity index (χ0v) is 27.4. The summed E-state index contributed by atoms with van der Waals surface area (Å²) in [5, 5.41) is 3.03. The van der Waals surface area contributed by atoms with Crippen molar-refractivity contribution in [3.05, 3.63) is 131 Å². The van der Waals surface area contributed by atoms with Crippen LogP contribution >= 0.6 is 0 Å². The molecule has 7 nitrogen and oxygen atoms in total. The number of carbonyl (C=O) groups is 2. The molecule has 0 heterocycles. The number of hydrogen-bond acceptors (Lipinski definition) is 4. The Balaban J connectivity index is 1.80. The fourth-order valence-electron chi connectivity index (χ4n) is 5.23. The zero-order chi connectivity index (χ0) is 32.4. The number of sulfonamides is 1. The Labute approximate surface area is 268 Å². The van der Waals surface area contributed by atoms with Crippen LogP contribution in [0.4, 0.5) is 5.69 Å². The standard InChI is InChI=1S/C37H43N3O4S/c1-5-6-24-38-37(42)35(25-31-16-8-7-9-17-31)39(26-32-18-12-10-14-29(32)3)36(41)27-40(34-19-13-11-15-30(34)4)45(43,44)33-22-20-28(2)21-23-33/h7-23,35H,5-6,24-27H2,1-4H3,(H,38,42). The van der Waals surface area contributed by atoms with Gasteiger partial charge in [-0.05, 0) is 67.6 Å². The highest BCUT2D eigenvalue weighted by Crippen LogP contribution is 2.28. The fraction of sp³-hybridized carbons (Fsp3) is 0.297. The van der Waals surface area contributed by atoms with Crippen LogP contribution < -0.4 is 9.62 Å². The van der Waals surface area contributed by atoms with Crippen LogP contribution in [0.3, 0.4) is 0 Å². The van der Waals surface area contributed by atoms with Gasteiger partial charge in [0.1, 0.15) is 12.6 Å². The number of benzene rings is 4. The Morgan fingerprint density at radius 2 is 1.40 bits per heavy atom. The molecule has 236 valence electrons. The number of anilines is 1. The second kappa shape index (κ2) is 15.5. The molecule has 4 aromatic rings. The molecule has 1 unspecified atom stereocenters. The molecule has 45 heavy (non-hydrogen) atoms. The molecule has 0 bridgehead atoms. The van der Waals surface area contributed by atoms with E-state index in [4.69, 9.17) is 0 Å². The first-order chi connectivity index (χ1) is 21.6. The van der Waals surface area contributed by atoms with Crippen molar-refractivity contribution in [2.75, 3.05) is 17.4 Å². The molecule has 1 N–H and O–H groups in total. The molecule has 0 fully saturated rings. The average Bonchev–Trinajstić information content (AvgIpc) is 3.03. The van der Waals surface area contributed by atoms with E-state index in [-0.39, 0.29) is 23.8 Å². The van der Waals surface area contributed by atoms with E-state index in [2.05, 4.69) is 12.2 Å². The summed E-state index contributed by atoms with van der Waals surface area (Å²) in [6.07, 6.45) is 2.01. The van der Waals surface area contributed by atoms with E-state index < -0.39 is 28.5 Å². The van der Waals surface area contributed by atoms with Crippen LogP contribution in [0.5, 0.6) is 0 Å². The van der Waals surface area contributed by atoms with Crippen molar-refractivity contribution >= 4 is 27.5 Å². The maximum atomic E-state index is 14.6. The molecule has 8 heteroatoms. The Kier molecular flexibility index (Phi) is 11.5. The van der Waals surface area contributed by atoms with Crippen LogP contribution in [0.25, 0.3) is 0 Å². The number of carbonyl (C=O) groups excluding carboxylic acids is 2. The Bertz CT molecular complexity index is 1690. The summed E-state index contributed by atoms with van der Waals surface area (Å²) in [4.78, 5) is 30.1. The second-order valence-electron chi connectivity index (χ2n) is 11.4. The maximum Gasteiger partial charge on any atom is 0.264 e. The van der Waals surface area contributed by atoms with Crippen LogP contribution in [0.15, 0.2) is 108 Å². The van der Waals surface area contributed by atoms with Gasteiger partial charge in [-0.1, -0.05) is 104 Å². The molecule has 0 radical (unpaired) electrons. The molecule has 4 rings (SSSR count). The minimum atomic E-state index is -4.14. The monoisotopic (exact) mass is 625 g/mol. The van der Waals surface area contributed by atoms with Gasteiger partial charge in [-0.3, -0.25) is 13.9 Å². The van der Waals surface area contributed by atoms with Crippen molar-refractivity contribution in [2.24, 2.45) is 0 Å². The highest BCUT2D eigenvalue weighted by molar-refractivity contribution is 7.92. The zero-order valence-electron chi connectivity index (χ0n) is 26.6. The van der Waals surface area contributed by atoms with Crippen LogP contribution in [-0.2, 0) is 32.6 Å². The van der Waals surface area contributed by atoms with E-state index in [1.165, 1.54) is 4.31 Å². The molecule has 0 spiro atoms. The van der Waals surface area contributed by atoms with Crippen molar-refractivity contribution in [1.29, 1.82) is 0 Å². The normalized spacial score (nSPS) is 11.9. The molecule has 4 aromatic carbocycles. The third kappa shape index (κ3) is 8.60. The first kappa shape index (κ1) is 33.5. The SMILES string of the molecule is CCCCNC(=O)C(Cc1ccccc1)N(Cc1ccccc1C)C(=O)CN(c1ccccc1C)S(=O)(=O)c1ccc(C)cc1. The van der Waals surface area contributed by atoms with Gasteiger partial charge >= 0.3 is 0 Å². The summed E-state index contributed by atoms with van der Waals surface area (Å²) >= 11 is 0. The van der Waals surface area contributed by atoms with Gasteiger partial charge in [-0.15, -0.1) is 0 Å². The van der Waals surface area contributed by atoms with E-state index in [1.54, 1.807) is 41.3 Å². The topological polar surface area (TPSA) is 86.8 Å². The lowest BCUT2D eigenvalue weighted by molar-refractivity contribution is -0.140. The summed E-state index contributed by atoms with van der Waals surface area (Å²) < 4.78 is 29.6. The van der Waals surface area contributed by atoms with Crippen LogP contribution in [-0.4, -0.2) is 44.3 Å². The third-order valence-electron chi connectivity index (χ3n) is 7.97. The average molecular weight is 626 g/mol. The number of amides is 2. The summed E-state index contributed by atoms with van der Waals surface area (Å²) in [5.74, 6) is -0.734. The lowest BCUT2D eigenvalue weighted by atomic mass is 10.0. The molecule has 0 saturated heterocycles. The lowest BCUT2D eigenvalue weighted by Crippen LogP contribution is -2.53. The molecular formula is C37H43N3O4S. The van der Waals surface area contributed by atoms with E-state index in [1.807, 2.05) is 87.5 Å². The number of aryl methyl sites for hydroxylation is 3. The third-order valence-corrected chi connectivity index (χ3v) is 9.75. The Morgan fingerprint density at radius 3 is 2.04 bits per heavy atom. The molecule has 1 atom stereocenters. The van der Waals surface area contributed by atoms with Crippen molar-refractivity contribution in [2.45, 2.75) is 64.4 Å². The minimum absolute atomic E-state index is 0.0905. The number of rotatable bonds is 14. The smallest absolute Gasteiger partial charge is 0.264 e. The van der Waals surface area contributed by atoms with Crippen LogP contribution in [0.2, 0.25) is 0 Å².